The third kappa shape index (κ3) is 8.70. The van der Waals surface area contributed by atoms with Gasteiger partial charge in [-0.3, -0.25) is 33.8 Å². The Morgan fingerprint density at radius 3 is 2.38 bits per heavy atom. The molecule has 5 aromatic rings. The molecule has 3 saturated heterocycles. The van der Waals surface area contributed by atoms with Crippen LogP contribution in [0.1, 0.15) is 54.6 Å². The third-order valence-corrected chi connectivity index (χ3v) is 14.5. The number of nitriles is 1. The molecule has 0 bridgehead atoms. The van der Waals surface area contributed by atoms with Gasteiger partial charge >= 0.3 is 10.2 Å². The molecule has 0 spiro atoms. The minimum Gasteiger partial charge on any atom is -0.453 e. The van der Waals surface area contributed by atoms with Gasteiger partial charge in [-0.25, -0.2) is 13.8 Å². The lowest BCUT2D eigenvalue weighted by Gasteiger charge is -2.34. The second kappa shape index (κ2) is 17.7. The Balaban J connectivity index is 0.783. The van der Waals surface area contributed by atoms with Gasteiger partial charge in [0.15, 0.2) is 11.6 Å². The molecule has 20 heteroatoms. The van der Waals surface area contributed by atoms with Crippen molar-refractivity contribution in [1.82, 2.24) is 24.5 Å². The van der Waals surface area contributed by atoms with E-state index in [1.54, 1.807) is 41.8 Å². The summed E-state index contributed by atoms with van der Waals surface area (Å²) in [5.41, 5.74) is 1.95. The van der Waals surface area contributed by atoms with Crippen LogP contribution in [-0.2, 0) is 19.8 Å². The number of anilines is 4. The van der Waals surface area contributed by atoms with Crippen LogP contribution in [0, 0.1) is 34.8 Å². The number of imide groups is 1. The Morgan fingerprint density at radius 2 is 1.70 bits per heavy atom. The average molecular weight is 921 g/mol. The van der Waals surface area contributed by atoms with Gasteiger partial charge < -0.3 is 25.2 Å². The molecule has 4 aromatic carbocycles. The van der Waals surface area contributed by atoms with Crippen LogP contribution in [0.5, 0.6) is 11.5 Å². The predicted molar refractivity (Wildman–Crippen MR) is 242 cm³/mol. The number of ether oxygens (including phenoxy) is 1. The van der Waals surface area contributed by atoms with E-state index in [0.29, 0.717) is 67.9 Å². The predicted octanol–water partition coefficient (Wildman–Crippen LogP) is 4.87. The largest absolute Gasteiger partial charge is 0.453 e. The zero-order valence-corrected chi connectivity index (χ0v) is 36.8. The molecule has 0 radical (unpaired) electrons. The smallest absolute Gasteiger partial charge is 0.301 e. The highest BCUT2D eigenvalue weighted by atomic mass is 32.2. The first-order chi connectivity index (χ1) is 31.7. The standard InChI is InChI=1S/C46H46F2N10O7S/c1-3-55(2)66(63,64)54-38-12-10-35(47)43(32(38)22-49)65-30-9-11-37-31(21-30)46(62)58(25-50-37)42-33-23-57(24-34(33)42)29-7-4-26(5-8-29)44(60)52-27-16-18-56(19-17-27)40-14-6-28(20-36(40)48)51-39-13-15-41(59)53-45(39)61/h4-12,14,20-21,25,27,33-34,39,42,51,54H,3,13,15-19,23-24H2,1-2H3,(H,52,60)(H,53,59,61)/t33-,34+,39?,42?. The van der Waals surface area contributed by atoms with Crippen molar-refractivity contribution in [1.29, 1.82) is 5.26 Å². The highest BCUT2D eigenvalue weighted by Crippen LogP contribution is 2.55. The monoisotopic (exact) mass is 920 g/mol. The number of benzene rings is 4. The maximum absolute atomic E-state index is 15.2. The molecule has 17 nitrogen and oxygen atoms in total. The van der Waals surface area contributed by atoms with Gasteiger partial charge in [0.05, 0.1) is 28.6 Å². The lowest BCUT2D eigenvalue weighted by molar-refractivity contribution is -0.133. The van der Waals surface area contributed by atoms with Crippen molar-refractivity contribution in [3.8, 4) is 17.6 Å². The van der Waals surface area contributed by atoms with E-state index in [4.69, 9.17) is 4.74 Å². The molecule has 66 heavy (non-hydrogen) atoms. The highest BCUT2D eigenvalue weighted by molar-refractivity contribution is 7.90. The van der Waals surface area contributed by atoms with Crippen LogP contribution >= 0.6 is 0 Å². The molecule has 1 aliphatic carbocycles. The fraction of sp³-hybridized carbons (Fsp3) is 0.348. The maximum Gasteiger partial charge on any atom is 0.301 e. The molecule has 3 aliphatic heterocycles. The fourth-order valence-corrected chi connectivity index (χ4v) is 10.1. The lowest BCUT2D eigenvalue weighted by Crippen LogP contribution is -2.47. The summed E-state index contributed by atoms with van der Waals surface area (Å²) in [5.74, 6) is -2.33. The molecular formula is C46H46F2N10O7S. The van der Waals surface area contributed by atoms with Crippen LogP contribution in [0.15, 0.2) is 83.9 Å². The van der Waals surface area contributed by atoms with E-state index in [2.05, 4.69) is 30.6 Å². The molecule has 4 N–H and O–H groups in total. The van der Waals surface area contributed by atoms with Gasteiger partial charge in [-0.15, -0.1) is 0 Å². The number of nitrogens with one attached hydrogen (secondary N) is 4. The molecule has 4 atom stereocenters. The number of carbonyl (C=O) groups excluding carboxylic acids is 3. The molecule has 4 fully saturated rings. The number of amides is 3. The molecule has 342 valence electrons. The average Bonchev–Trinajstić information content (AvgIpc) is 3.78. The molecule has 9 rings (SSSR count). The quantitative estimate of drug-likeness (QED) is 0.117. The summed E-state index contributed by atoms with van der Waals surface area (Å²) < 4.78 is 66.4. The van der Waals surface area contributed by atoms with Crippen LogP contribution in [0.3, 0.4) is 0 Å². The van der Waals surface area contributed by atoms with Gasteiger partial charge in [-0.1, -0.05) is 6.92 Å². The van der Waals surface area contributed by atoms with E-state index in [0.717, 1.165) is 22.1 Å². The van der Waals surface area contributed by atoms with E-state index >= 15 is 8.78 Å². The van der Waals surface area contributed by atoms with Crippen LogP contribution in [0.4, 0.5) is 31.5 Å². The zero-order chi connectivity index (χ0) is 46.4. The number of fused-ring (bicyclic) bond motifs is 2. The number of hydrogen-bond acceptors (Lipinski definition) is 12. The Kier molecular flexibility index (Phi) is 11.8. The second-order valence-electron chi connectivity index (χ2n) is 17.0. The second-order valence-corrected chi connectivity index (χ2v) is 18.8. The molecule has 4 heterocycles. The van der Waals surface area contributed by atoms with Crippen molar-refractivity contribution in [2.45, 2.75) is 50.7 Å². The third-order valence-electron chi connectivity index (χ3n) is 13.0. The summed E-state index contributed by atoms with van der Waals surface area (Å²) in [6.07, 6.45) is 3.35. The van der Waals surface area contributed by atoms with Crippen molar-refractivity contribution in [2.24, 2.45) is 11.8 Å². The summed E-state index contributed by atoms with van der Waals surface area (Å²) >= 11 is 0. The minimum atomic E-state index is -4.03. The van der Waals surface area contributed by atoms with Gasteiger partial charge in [-0.2, -0.15) is 18.0 Å². The number of halogens is 2. The van der Waals surface area contributed by atoms with Gasteiger partial charge in [0.2, 0.25) is 11.8 Å². The van der Waals surface area contributed by atoms with E-state index < -0.39 is 39.5 Å². The molecule has 4 aliphatic rings. The van der Waals surface area contributed by atoms with Crippen LogP contribution in [0.2, 0.25) is 0 Å². The van der Waals surface area contributed by atoms with Crippen molar-refractivity contribution in [3.63, 3.8) is 0 Å². The lowest BCUT2D eigenvalue weighted by atomic mass is 10.0. The van der Waals surface area contributed by atoms with E-state index in [1.165, 1.54) is 31.6 Å². The molecule has 1 aromatic heterocycles. The Hall–Kier alpha value is -7.11. The Morgan fingerprint density at radius 1 is 0.955 bits per heavy atom. The summed E-state index contributed by atoms with van der Waals surface area (Å²) in [6, 6.07) is 19.8. The van der Waals surface area contributed by atoms with E-state index in [1.807, 2.05) is 23.1 Å². The number of nitrogens with zero attached hydrogens (tertiary/aromatic N) is 6. The van der Waals surface area contributed by atoms with Gasteiger partial charge in [0.25, 0.3) is 11.5 Å². The van der Waals surface area contributed by atoms with E-state index in [9.17, 15) is 32.9 Å². The van der Waals surface area contributed by atoms with Gasteiger partial charge in [-0.05, 0) is 92.1 Å². The highest BCUT2D eigenvalue weighted by Gasteiger charge is 2.57. The SMILES string of the molecule is CCN(C)S(=O)(=O)Nc1ccc(F)c(Oc2ccc3ncn(C4[C@H]5CN(c6ccc(C(=O)NC7CCN(c8ccc(NC9CCC(=O)NC9=O)cc8F)CC7)cc6)C[C@@H]45)c(=O)c3c2)c1C#N. The van der Waals surface area contributed by atoms with Crippen molar-refractivity contribution >= 4 is 61.6 Å². The number of hydrogen-bond donors (Lipinski definition) is 4. The first-order valence-electron chi connectivity index (χ1n) is 21.7. The van der Waals surface area contributed by atoms with Gasteiger partial charge in [0, 0.05) is 87.0 Å². The van der Waals surface area contributed by atoms with Gasteiger partial charge in [0.1, 0.15) is 29.2 Å². The number of piperidine rings is 3. The van der Waals surface area contributed by atoms with E-state index in [-0.39, 0.29) is 76.6 Å². The number of aromatic nitrogens is 2. The Bertz CT molecular complexity index is 2960. The van der Waals surface area contributed by atoms with Crippen LogP contribution < -0.4 is 40.8 Å². The van der Waals surface area contributed by atoms with Crippen molar-refractivity contribution in [2.75, 3.05) is 59.6 Å². The summed E-state index contributed by atoms with van der Waals surface area (Å²) in [6.45, 7) is 4.27. The summed E-state index contributed by atoms with van der Waals surface area (Å²) in [7, 11) is -2.67. The normalized spacial score (nSPS) is 20.7. The Labute approximate surface area is 378 Å². The zero-order valence-electron chi connectivity index (χ0n) is 36.0. The molecule has 1 saturated carbocycles. The molecule has 3 amide bonds. The number of rotatable bonds is 13. The van der Waals surface area contributed by atoms with Crippen molar-refractivity contribution < 1.29 is 36.3 Å². The minimum absolute atomic E-state index is 0.0591. The first kappa shape index (κ1) is 44.1. The summed E-state index contributed by atoms with van der Waals surface area (Å²) in [4.78, 5) is 59.4. The maximum atomic E-state index is 15.2. The first-order valence-corrected chi connectivity index (χ1v) is 23.1. The fourth-order valence-electron chi connectivity index (χ4n) is 9.11. The molecule has 2 unspecified atom stereocenters. The topological polar surface area (TPSA) is 211 Å². The van der Waals surface area contributed by atoms with Crippen LogP contribution in [-0.4, -0.2) is 91.9 Å². The van der Waals surface area contributed by atoms with Crippen molar-refractivity contribution in [3.05, 3.63) is 112 Å². The van der Waals surface area contributed by atoms with Crippen LogP contribution in [0.25, 0.3) is 10.9 Å². The molecular weight excluding hydrogens is 875 g/mol. The summed E-state index contributed by atoms with van der Waals surface area (Å²) in [5, 5.41) is 18.6. The number of carbonyl (C=O) groups is 3.